The number of alkyl halides is 3. The average Bonchev–Trinajstić information content (AvgIpc) is 2.63. The first-order valence-corrected chi connectivity index (χ1v) is 7.86. The molecule has 4 nitrogen and oxygen atoms in total. The molecule has 0 amide bonds. The van der Waals surface area contributed by atoms with E-state index in [-0.39, 0.29) is 22.3 Å². The van der Waals surface area contributed by atoms with Crippen LogP contribution in [-0.2, 0) is 6.18 Å². The maximum absolute atomic E-state index is 13.4. The smallest absolute Gasteiger partial charge is 0.416 e. The largest absolute Gasteiger partial charge is 0.504 e. The molecule has 0 spiro atoms. The van der Waals surface area contributed by atoms with Gasteiger partial charge in [0.25, 0.3) is 0 Å². The molecule has 0 radical (unpaired) electrons. The number of hydrogen-bond donors (Lipinski definition) is 4. The van der Waals surface area contributed by atoms with Gasteiger partial charge in [-0.3, -0.25) is 5.41 Å². The number of rotatable bonds is 3. The van der Waals surface area contributed by atoms with E-state index < -0.39 is 29.1 Å². The number of benzene rings is 3. The summed E-state index contributed by atoms with van der Waals surface area (Å²) in [5, 5.41) is 27.8. The van der Waals surface area contributed by atoms with Crippen LogP contribution >= 0.6 is 0 Å². The van der Waals surface area contributed by atoms with Gasteiger partial charge >= 0.3 is 6.18 Å². The molecule has 0 aromatic heterocycles. The molecule has 138 valence electrons. The van der Waals surface area contributed by atoms with Crippen LogP contribution in [0.4, 0.5) is 13.2 Å². The molecular formula is C20H15F3N2O2. The molecule has 0 bridgehead atoms. The molecule has 0 saturated carbocycles. The summed E-state index contributed by atoms with van der Waals surface area (Å²) in [5.74, 6) is -1.56. The predicted octanol–water partition coefficient (Wildman–Crippen LogP) is 4.73. The van der Waals surface area contributed by atoms with Crippen LogP contribution in [0.2, 0.25) is 0 Å². The molecule has 3 rings (SSSR count). The van der Waals surface area contributed by atoms with Crippen LogP contribution in [0.15, 0.2) is 60.7 Å². The van der Waals surface area contributed by atoms with E-state index in [1.54, 1.807) is 30.3 Å². The highest BCUT2D eigenvalue weighted by molar-refractivity contribution is 6.06. The lowest BCUT2D eigenvalue weighted by molar-refractivity contribution is -0.137. The van der Waals surface area contributed by atoms with Crippen LogP contribution < -0.4 is 5.73 Å². The van der Waals surface area contributed by atoms with E-state index in [9.17, 15) is 23.4 Å². The molecule has 27 heavy (non-hydrogen) atoms. The van der Waals surface area contributed by atoms with Gasteiger partial charge in [0.15, 0.2) is 11.5 Å². The Morgan fingerprint density at radius 2 is 1.56 bits per heavy atom. The van der Waals surface area contributed by atoms with Crippen molar-refractivity contribution in [2.75, 3.05) is 0 Å². The molecular weight excluding hydrogens is 357 g/mol. The number of halogens is 3. The van der Waals surface area contributed by atoms with Crippen LogP contribution in [0.3, 0.4) is 0 Å². The van der Waals surface area contributed by atoms with Gasteiger partial charge < -0.3 is 15.9 Å². The van der Waals surface area contributed by atoms with Crippen molar-refractivity contribution in [1.82, 2.24) is 0 Å². The van der Waals surface area contributed by atoms with E-state index in [1.165, 1.54) is 18.2 Å². The van der Waals surface area contributed by atoms with Crippen molar-refractivity contribution in [3.63, 3.8) is 0 Å². The van der Waals surface area contributed by atoms with Crippen molar-refractivity contribution in [1.29, 1.82) is 5.41 Å². The summed E-state index contributed by atoms with van der Waals surface area (Å²) in [5.41, 5.74) is 5.25. The second-order valence-corrected chi connectivity index (χ2v) is 5.90. The summed E-state index contributed by atoms with van der Waals surface area (Å²) in [6.07, 6.45) is -4.68. The fraction of sp³-hybridized carbons (Fsp3) is 0.0500. The molecule has 0 unspecified atom stereocenters. The van der Waals surface area contributed by atoms with Gasteiger partial charge in [-0.15, -0.1) is 0 Å². The van der Waals surface area contributed by atoms with Crippen LogP contribution in [0, 0.1) is 5.41 Å². The number of amidine groups is 1. The van der Waals surface area contributed by atoms with Crippen LogP contribution in [0.25, 0.3) is 22.3 Å². The Morgan fingerprint density at radius 1 is 0.889 bits per heavy atom. The van der Waals surface area contributed by atoms with E-state index in [0.29, 0.717) is 5.56 Å². The summed E-state index contributed by atoms with van der Waals surface area (Å²) in [7, 11) is 0. The number of phenols is 2. The first-order chi connectivity index (χ1) is 12.7. The van der Waals surface area contributed by atoms with Crippen molar-refractivity contribution in [3.05, 3.63) is 71.8 Å². The summed E-state index contributed by atoms with van der Waals surface area (Å²) in [6, 6.07) is 14.2. The standard InChI is InChI=1S/C20H15F3N2O2/c21-20(22,23)12-9-14(13-7-4-8-16(26)18(13)27)17(15(10-12)19(24)25)11-5-2-1-3-6-11/h1-10,26-27H,(H3,24,25). The number of aromatic hydroxyl groups is 2. The fourth-order valence-electron chi connectivity index (χ4n) is 2.90. The van der Waals surface area contributed by atoms with Gasteiger partial charge in [-0.05, 0) is 29.3 Å². The van der Waals surface area contributed by atoms with Gasteiger partial charge in [-0.25, -0.2) is 0 Å². The summed E-state index contributed by atoms with van der Waals surface area (Å²) >= 11 is 0. The number of para-hydroxylation sites is 1. The molecule has 3 aromatic rings. The molecule has 0 saturated heterocycles. The second-order valence-electron chi connectivity index (χ2n) is 5.90. The van der Waals surface area contributed by atoms with Gasteiger partial charge in [0.05, 0.1) is 5.56 Å². The fourth-order valence-corrected chi connectivity index (χ4v) is 2.90. The Balaban J connectivity index is 2.47. The molecule has 0 heterocycles. The third-order valence-corrected chi connectivity index (χ3v) is 4.12. The number of nitrogens with two attached hydrogens (primary N) is 1. The first kappa shape index (κ1) is 18.3. The Labute approximate surface area is 152 Å². The average molecular weight is 372 g/mol. The summed E-state index contributed by atoms with van der Waals surface area (Å²) < 4.78 is 40.3. The van der Waals surface area contributed by atoms with E-state index in [0.717, 1.165) is 12.1 Å². The van der Waals surface area contributed by atoms with Crippen LogP contribution in [0.5, 0.6) is 11.5 Å². The number of nitrogens with one attached hydrogen (secondary N) is 1. The number of phenolic OH excluding ortho intramolecular Hbond substituents is 2. The monoisotopic (exact) mass is 372 g/mol. The quantitative estimate of drug-likeness (QED) is 0.304. The van der Waals surface area contributed by atoms with Gasteiger partial charge in [0, 0.05) is 16.7 Å². The van der Waals surface area contributed by atoms with Crippen molar-refractivity contribution in [2.24, 2.45) is 5.73 Å². The van der Waals surface area contributed by atoms with Crippen molar-refractivity contribution in [2.45, 2.75) is 6.18 Å². The lowest BCUT2D eigenvalue weighted by Gasteiger charge is -2.19. The highest BCUT2D eigenvalue weighted by atomic mass is 19.4. The predicted molar refractivity (Wildman–Crippen MR) is 96.7 cm³/mol. The van der Waals surface area contributed by atoms with Crippen molar-refractivity contribution in [3.8, 4) is 33.8 Å². The number of hydrogen-bond acceptors (Lipinski definition) is 3. The van der Waals surface area contributed by atoms with Crippen molar-refractivity contribution < 1.29 is 23.4 Å². The Morgan fingerprint density at radius 3 is 2.15 bits per heavy atom. The molecule has 0 atom stereocenters. The highest BCUT2D eigenvalue weighted by Crippen LogP contribution is 2.45. The van der Waals surface area contributed by atoms with E-state index in [4.69, 9.17) is 11.1 Å². The molecule has 0 fully saturated rings. The van der Waals surface area contributed by atoms with Gasteiger partial charge in [-0.2, -0.15) is 13.2 Å². The Kier molecular flexibility index (Phi) is 4.53. The van der Waals surface area contributed by atoms with Crippen LogP contribution in [0.1, 0.15) is 11.1 Å². The lowest BCUT2D eigenvalue weighted by Crippen LogP contribution is -2.16. The molecule has 0 aliphatic heterocycles. The third kappa shape index (κ3) is 3.44. The normalized spacial score (nSPS) is 11.4. The molecule has 7 heteroatoms. The summed E-state index contributed by atoms with van der Waals surface area (Å²) in [6.45, 7) is 0. The third-order valence-electron chi connectivity index (χ3n) is 4.12. The molecule has 0 aliphatic carbocycles. The first-order valence-electron chi connectivity index (χ1n) is 7.86. The van der Waals surface area contributed by atoms with Crippen LogP contribution in [-0.4, -0.2) is 16.0 Å². The Bertz CT molecular complexity index is 1020. The maximum atomic E-state index is 13.4. The van der Waals surface area contributed by atoms with E-state index >= 15 is 0 Å². The van der Waals surface area contributed by atoms with E-state index in [1.807, 2.05) is 0 Å². The van der Waals surface area contributed by atoms with E-state index in [2.05, 4.69) is 0 Å². The van der Waals surface area contributed by atoms with Gasteiger partial charge in [0.2, 0.25) is 0 Å². The second kappa shape index (κ2) is 6.68. The number of nitrogen functional groups attached to an aromatic ring is 1. The van der Waals surface area contributed by atoms with Crippen molar-refractivity contribution >= 4 is 5.84 Å². The molecule has 0 aliphatic rings. The minimum absolute atomic E-state index is 0.00227. The minimum atomic E-state index is -4.68. The zero-order valence-electron chi connectivity index (χ0n) is 13.9. The zero-order chi connectivity index (χ0) is 19.8. The molecule has 3 aromatic carbocycles. The highest BCUT2D eigenvalue weighted by Gasteiger charge is 2.33. The Hall–Kier alpha value is -3.48. The molecule has 5 N–H and O–H groups in total. The SMILES string of the molecule is N=C(N)c1cc(C(F)(F)F)cc(-c2cccc(O)c2O)c1-c1ccccc1. The minimum Gasteiger partial charge on any atom is -0.504 e. The maximum Gasteiger partial charge on any atom is 0.416 e. The summed E-state index contributed by atoms with van der Waals surface area (Å²) in [4.78, 5) is 0. The van der Waals surface area contributed by atoms with Gasteiger partial charge in [0.1, 0.15) is 5.84 Å². The zero-order valence-corrected chi connectivity index (χ0v) is 13.9. The topological polar surface area (TPSA) is 90.3 Å². The van der Waals surface area contributed by atoms with Gasteiger partial charge in [-0.1, -0.05) is 42.5 Å². The lowest BCUT2D eigenvalue weighted by atomic mass is 9.87.